The van der Waals surface area contributed by atoms with Crippen molar-refractivity contribution in [2.24, 2.45) is 9.98 Å². The minimum atomic E-state index is 0.0827. The Morgan fingerprint density at radius 3 is 2.50 bits per heavy atom. The van der Waals surface area contributed by atoms with E-state index in [-0.39, 0.29) is 6.17 Å². The standard InChI is InChI=1S/C15H27N5/c1-5-16-15(19-14-10-11(2)17-14)18-12-6-8-13(9-7-12)20(3)4/h5,10,12-14,17H,6-9H2,1-4H3,(H,18,19)/b16-5-. The van der Waals surface area contributed by atoms with Crippen molar-refractivity contribution >= 4 is 12.2 Å². The van der Waals surface area contributed by atoms with Crippen molar-refractivity contribution < 1.29 is 0 Å². The summed E-state index contributed by atoms with van der Waals surface area (Å²) in [7, 11) is 4.34. The maximum atomic E-state index is 4.58. The van der Waals surface area contributed by atoms with Crippen LogP contribution in [0.15, 0.2) is 21.8 Å². The van der Waals surface area contributed by atoms with Crippen molar-refractivity contribution in [3.8, 4) is 0 Å². The van der Waals surface area contributed by atoms with Crippen LogP contribution in [0.3, 0.4) is 0 Å². The van der Waals surface area contributed by atoms with E-state index >= 15 is 0 Å². The Labute approximate surface area is 122 Å². The van der Waals surface area contributed by atoms with E-state index in [4.69, 9.17) is 0 Å². The summed E-state index contributed by atoms with van der Waals surface area (Å²) in [5.41, 5.74) is 1.19. The number of rotatable bonds is 3. The summed E-state index contributed by atoms with van der Waals surface area (Å²) in [6.45, 7) is 3.97. The molecule has 1 saturated carbocycles. The molecule has 2 aliphatic rings. The summed E-state index contributed by atoms with van der Waals surface area (Å²) in [5.74, 6) is 0.752. The van der Waals surface area contributed by atoms with Gasteiger partial charge in [-0.3, -0.25) is 0 Å². The highest BCUT2D eigenvalue weighted by Crippen LogP contribution is 2.21. The smallest absolute Gasteiger partial charge is 0.220 e. The molecule has 0 aromatic rings. The molecule has 0 aromatic heterocycles. The first-order chi connectivity index (χ1) is 9.58. The van der Waals surface area contributed by atoms with Crippen LogP contribution in [-0.2, 0) is 0 Å². The van der Waals surface area contributed by atoms with Gasteiger partial charge in [-0.15, -0.1) is 0 Å². The van der Waals surface area contributed by atoms with Crippen LogP contribution in [0.2, 0.25) is 0 Å². The van der Waals surface area contributed by atoms with Crippen molar-refractivity contribution in [2.45, 2.75) is 57.8 Å². The molecule has 5 nitrogen and oxygen atoms in total. The summed E-state index contributed by atoms with van der Waals surface area (Å²) in [5, 5.41) is 6.74. The van der Waals surface area contributed by atoms with Gasteiger partial charge in [-0.05, 0) is 59.7 Å². The van der Waals surface area contributed by atoms with Crippen LogP contribution in [0.4, 0.5) is 0 Å². The molecule has 0 saturated heterocycles. The summed E-state index contributed by atoms with van der Waals surface area (Å²) in [6, 6.07) is 1.22. The fourth-order valence-electron chi connectivity index (χ4n) is 2.81. The first kappa shape index (κ1) is 15.0. The van der Waals surface area contributed by atoms with E-state index in [0.29, 0.717) is 6.04 Å². The number of guanidine groups is 1. The minimum absolute atomic E-state index is 0.0827. The third-order valence-electron chi connectivity index (χ3n) is 4.06. The summed E-state index contributed by atoms with van der Waals surface area (Å²) in [4.78, 5) is 11.3. The van der Waals surface area contributed by atoms with Crippen LogP contribution in [0, 0.1) is 0 Å². The van der Waals surface area contributed by atoms with Gasteiger partial charge in [-0.25, -0.2) is 9.98 Å². The second-order valence-electron chi connectivity index (χ2n) is 5.89. The molecule has 0 aromatic carbocycles. The third kappa shape index (κ3) is 4.07. The molecule has 20 heavy (non-hydrogen) atoms. The zero-order valence-electron chi connectivity index (χ0n) is 13.1. The lowest BCUT2D eigenvalue weighted by atomic mass is 9.90. The molecule has 1 aliphatic heterocycles. The maximum Gasteiger partial charge on any atom is 0.220 e. The highest BCUT2D eigenvalue weighted by Gasteiger charge is 2.23. The van der Waals surface area contributed by atoms with E-state index in [1.807, 2.05) is 13.8 Å². The largest absolute Gasteiger partial charge is 0.364 e. The molecular formula is C15H27N5. The Morgan fingerprint density at radius 2 is 2.00 bits per heavy atom. The predicted octanol–water partition coefficient (Wildman–Crippen LogP) is 1.73. The molecule has 1 atom stereocenters. The van der Waals surface area contributed by atoms with Crippen LogP contribution in [-0.4, -0.2) is 49.4 Å². The Morgan fingerprint density at radius 1 is 1.35 bits per heavy atom. The average Bonchev–Trinajstić information content (AvgIpc) is 2.38. The lowest BCUT2D eigenvalue weighted by molar-refractivity contribution is 0.211. The van der Waals surface area contributed by atoms with Crippen LogP contribution in [0.1, 0.15) is 39.5 Å². The van der Waals surface area contributed by atoms with Crippen LogP contribution >= 0.6 is 0 Å². The van der Waals surface area contributed by atoms with E-state index in [2.05, 4.69) is 45.7 Å². The molecule has 0 spiro atoms. The van der Waals surface area contributed by atoms with E-state index in [0.717, 1.165) is 12.0 Å². The monoisotopic (exact) mass is 277 g/mol. The minimum Gasteiger partial charge on any atom is -0.364 e. The van der Waals surface area contributed by atoms with Crippen molar-refractivity contribution in [1.82, 2.24) is 15.5 Å². The third-order valence-corrected chi connectivity index (χ3v) is 4.06. The van der Waals surface area contributed by atoms with Gasteiger partial charge in [0.15, 0.2) is 0 Å². The van der Waals surface area contributed by atoms with Crippen molar-refractivity contribution in [2.75, 3.05) is 14.1 Å². The highest BCUT2D eigenvalue weighted by molar-refractivity contribution is 5.87. The van der Waals surface area contributed by atoms with Gasteiger partial charge in [0.2, 0.25) is 5.96 Å². The van der Waals surface area contributed by atoms with Crippen molar-refractivity contribution in [1.29, 1.82) is 0 Å². The molecule has 0 radical (unpaired) electrons. The van der Waals surface area contributed by atoms with Gasteiger partial charge in [0.1, 0.15) is 6.17 Å². The van der Waals surface area contributed by atoms with Gasteiger partial charge in [0, 0.05) is 24.0 Å². The SMILES string of the molecule is C/C=N\C(=N/C1C=C(C)N1)NC1CCC(N(C)C)CC1. The molecule has 1 fully saturated rings. The Balaban J connectivity index is 1.87. The lowest BCUT2D eigenvalue weighted by Gasteiger charge is -2.33. The van der Waals surface area contributed by atoms with Crippen molar-refractivity contribution in [3.63, 3.8) is 0 Å². The van der Waals surface area contributed by atoms with Crippen LogP contribution in [0.25, 0.3) is 0 Å². The number of aliphatic imine (C=N–C) groups is 2. The van der Waals surface area contributed by atoms with Crippen molar-refractivity contribution in [3.05, 3.63) is 11.8 Å². The lowest BCUT2D eigenvalue weighted by Crippen LogP contribution is -2.43. The molecule has 112 valence electrons. The Hall–Kier alpha value is -1.36. The fraction of sp³-hybridized carbons (Fsp3) is 0.733. The first-order valence-electron chi connectivity index (χ1n) is 7.53. The normalized spacial score (nSPS) is 30.9. The molecule has 2 rings (SSSR count). The van der Waals surface area contributed by atoms with Gasteiger partial charge in [0.25, 0.3) is 0 Å². The van der Waals surface area contributed by atoms with E-state index < -0.39 is 0 Å². The number of hydrogen-bond donors (Lipinski definition) is 2. The zero-order chi connectivity index (χ0) is 14.5. The Bertz CT molecular complexity index is 402. The van der Waals surface area contributed by atoms with Gasteiger partial charge in [0.05, 0.1) is 0 Å². The average molecular weight is 277 g/mol. The van der Waals surface area contributed by atoms with Crippen LogP contribution in [0.5, 0.6) is 0 Å². The molecule has 5 heteroatoms. The number of allylic oxidation sites excluding steroid dienone is 1. The fourth-order valence-corrected chi connectivity index (χ4v) is 2.81. The number of hydrogen-bond acceptors (Lipinski definition) is 3. The van der Waals surface area contributed by atoms with Gasteiger partial charge in [-0.1, -0.05) is 0 Å². The van der Waals surface area contributed by atoms with E-state index in [1.54, 1.807) is 6.21 Å². The molecule has 0 bridgehead atoms. The quantitative estimate of drug-likeness (QED) is 0.610. The number of nitrogens with zero attached hydrogens (tertiary/aromatic N) is 3. The Kier molecular flexibility index (Phi) is 5.17. The molecule has 1 heterocycles. The zero-order valence-corrected chi connectivity index (χ0v) is 13.1. The highest BCUT2D eigenvalue weighted by atomic mass is 15.2. The first-order valence-corrected chi connectivity index (χ1v) is 7.53. The van der Waals surface area contributed by atoms with Gasteiger partial charge < -0.3 is 15.5 Å². The molecule has 1 aliphatic carbocycles. The predicted molar refractivity (Wildman–Crippen MR) is 85.1 cm³/mol. The molecular weight excluding hydrogens is 250 g/mol. The number of nitrogens with one attached hydrogen (secondary N) is 2. The van der Waals surface area contributed by atoms with Gasteiger partial charge >= 0.3 is 0 Å². The summed E-state index contributed by atoms with van der Waals surface area (Å²) < 4.78 is 0. The van der Waals surface area contributed by atoms with Gasteiger partial charge in [-0.2, -0.15) is 0 Å². The second kappa shape index (κ2) is 6.88. The molecule has 0 amide bonds. The van der Waals surface area contributed by atoms with Crippen LogP contribution < -0.4 is 10.6 Å². The second-order valence-corrected chi connectivity index (χ2v) is 5.89. The summed E-state index contributed by atoms with van der Waals surface area (Å²) >= 11 is 0. The molecule has 1 unspecified atom stereocenters. The summed E-state index contributed by atoms with van der Waals surface area (Å²) in [6.07, 6.45) is 8.85. The molecule has 2 N–H and O–H groups in total. The van der Waals surface area contributed by atoms with E-state index in [9.17, 15) is 0 Å². The van der Waals surface area contributed by atoms with E-state index in [1.165, 1.54) is 31.4 Å². The topological polar surface area (TPSA) is 52.0 Å². The maximum absolute atomic E-state index is 4.58.